The number of rotatable bonds is 3. The fourth-order valence-corrected chi connectivity index (χ4v) is 1.80. The summed E-state index contributed by atoms with van der Waals surface area (Å²) in [5, 5.41) is 8.87. The lowest BCUT2D eigenvalue weighted by molar-refractivity contribution is -0.149. The molecule has 1 rings (SSSR count). The Bertz CT molecular complexity index is 244. The van der Waals surface area contributed by atoms with Crippen molar-refractivity contribution in [2.75, 3.05) is 12.3 Å². The van der Waals surface area contributed by atoms with Gasteiger partial charge in [0.15, 0.2) is 0 Å². The lowest BCUT2D eigenvalue weighted by Gasteiger charge is -2.24. The van der Waals surface area contributed by atoms with Crippen LogP contribution in [0.5, 0.6) is 0 Å². The average Bonchev–Trinajstić information content (AvgIpc) is 2.63. The Balaban J connectivity index is 2.67. The lowest BCUT2D eigenvalue weighted by Crippen LogP contribution is -2.43. The summed E-state index contributed by atoms with van der Waals surface area (Å²) in [5.41, 5.74) is 0. The van der Waals surface area contributed by atoms with Crippen molar-refractivity contribution in [3.05, 3.63) is 0 Å². The number of likely N-dealkylation sites (tertiary alicyclic amines) is 1. The highest BCUT2D eigenvalue weighted by Crippen LogP contribution is 2.20. The number of carbonyl (C=O) groups excluding carboxylic acids is 1. The minimum absolute atomic E-state index is 0.0927. The van der Waals surface area contributed by atoms with Gasteiger partial charge in [0.1, 0.15) is 6.04 Å². The molecule has 0 spiro atoms. The van der Waals surface area contributed by atoms with Crippen LogP contribution in [0.4, 0.5) is 0 Å². The Morgan fingerprint density at radius 1 is 1.64 bits per heavy atom. The number of carboxylic acids is 1. The van der Waals surface area contributed by atoms with Crippen molar-refractivity contribution >= 4 is 24.5 Å². The summed E-state index contributed by atoms with van der Waals surface area (Å²) < 4.78 is 0. The Labute approximate surface area is 88.7 Å². The van der Waals surface area contributed by atoms with Crippen LogP contribution in [0.25, 0.3) is 0 Å². The van der Waals surface area contributed by atoms with Crippen LogP contribution in [-0.4, -0.2) is 40.2 Å². The summed E-state index contributed by atoms with van der Waals surface area (Å²) in [5.74, 6) is -0.729. The van der Waals surface area contributed by atoms with E-state index in [9.17, 15) is 9.59 Å². The van der Waals surface area contributed by atoms with Gasteiger partial charge in [-0.05, 0) is 12.8 Å². The van der Waals surface area contributed by atoms with Gasteiger partial charge in [0.05, 0.1) is 0 Å². The van der Waals surface area contributed by atoms with E-state index in [0.29, 0.717) is 18.7 Å². The van der Waals surface area contributed by atoms with E-state index in [4.69, 9.17) is 5.11 Å². The van der Waals surface area contributed by atoms with Crippen molar-refractivity contribution < 1.29 is 14.7 Å². The van der Waals surface area contributed by atoms with Crippen molar-refractivity contribution in [1.82, 2.24) is 4.90 Å². The van der Waals surface area contributed by atoms with Crippen LogP contribution in [0.15, 0.2) is 0 Å². The molecule has 1 N–H and O–H groups in total. The Kier molecular flexibility index (Phi) is 3.80. The van der Waals surface area contributed by atoms with Crippen LogP contribution < -0.4 is 0 Å². The summed E-state index contributed by atoms with van der Waals surface area (Å²) >= 11 is 4.03. The number of carboxylic acid groups (broad SMARTS) is 1. The molecule has 1 fully saturated rings. The molecule has 1 heterocycles. The van der Waals surface area contributed by atoms with Crippen LogP contribution >= 0.6 is 12.6 Å². The summed E-state index contributed by atoms with van der Waals surface area (Å²) in [4.78, 5) is 24.0. The molecule has 0 aliphatic carbocycles. The molecule has 0 radical (unpaired) electrons. The Morgan fingerprint density at radius 2 is 2.29 bits per heavy atom. The van der Waals surface area contributed by atoms with Gasteiger partial charge in [-0.3, -0.25) is 4.79 Å². The highest BCUT2D eigenvalue weighted by molar-refractivity contribution is 7.80. The molecular weight excluding hydrogens is 202 g/mol. The second kappa shape index (κ2) is 4.68. The molecule has 0 aromatic heterocycles. The van der Waals surface area contributed by atoms with Gasteiger partial charge >= 0.3 is 5.97 Å². The molecule has 1 aliphatic rings. The molecule has 80 valence electrons. The minimum atomic E-state index is -0.901. The van der Waals surface area contributed by atoms with E-state index >= 15 is 0 Å². The molecule has 14 heavy (non-hydrogen) atoms. The maximum Gasteiger partial charge on any atom is 0.326 e. The number of hydrogen-bond acceptors (Lipinski definition) is 3. The molecule has 0 aromatic rings. The molecule has 0 bridgehead atoms. The van der Waals surface area contributed by atoms with E-state index in [0.717, 1.165) is 6.42 Å². The van der Waals surface area contributed by atoms with E-state index in [1.54, 1.807) is 6.92 Å². The van der Waals surface area contributed by atoms with E-state index in [-0.39, 0.29) is 11.8 Å². The van der Waals surface area contributed by atoms with Crippen LogP contribution in [0.3, 0.4) is 0 Å². The number of aliphatic carboxylic acids is 1. The first-order chi connectivity index (χ1) is 6.57. The molecule has 1 saturated heterocycles. The second-order valence-corrected chi connectivity index (χ2v) is 3.98. The molecule has 2 atom stereocenters. The van der Waals surface area contributed by atoms with Crippen molar-refractivity contribution in [2.45, 2.75) is 25.8 Å². The normalized spacial score (nSPS) is 23.6. The average molecular weight is 217 g/mol. The maximum atomic E-state index is 11.7. The van der Waals surface area contributed by atoms with Crippen molar-refractivity contribution in [2.24, 2.45) is 5.92 Å². The standard InChI is InChI=1S/C9H15NO3S/c1-6(5-14)8(11)10-4-2-3-7(10)9(12)13/h6-7,14H,2-5H2,1H3,(H,12,13)/t6-,7+/m0/s1. The van der Waals surface area contributed by atoms with Gasteiger partial charge in [0.25, 0.3) is 0 Å². The lowest BCUT2D eigenvalue weighted by atomic mass is 10.1. The Hall–Kier alpha value is -0.710. The minimum Gasteiger partial charge on any atom is -0.480 e. The first-order valence-corrected chi connectivity index (χ1v) is 5.35. The van der Waals surface area contributed by atoms with E-state index in [2.05, 4.69) is 12.6 Å². The SMILES string of the molecule is C[C@@H](CS)C(=O)N1CCC[C@@H]1C(=O)O. The van der Waals surface area contributed by atoms with E-state index < -0.39 is 12.0 Å². The second-order valence-electron chi connectivity index (χ2n) is 3.61. The maximum absolute atomic E-state index is 11.7. The van der Waals surface area contributed by atoms with Gasteiger partial charge in [0.2, 0.25) is 5.91 Å². The first kappa shape index (κ1) is 11.4. The van der Waals surface area contributed by atoms with Crippen LogP contribution in [-0.2, 0) is 9.59 Å². The number of thiol groups is 1. The van der Waals surface area contributed by atoms with E-state index in [1.165, 1.54) is 4.90 Å². The molecule has 4 nitrogen and oxygen atoms in total. The molecule has 5 heteroatoms. The topological polar surface area (TPSA) is 57.6 Å². The monoisotopic (exact) mass is 217 g/mol. The summed E-state index contributed by atoms with van der Waals surface area (Å²) in [6.07, 6.45) is 1.35. The third kappa shape index (κ3) is 2.20. The fraction of sp³-hybridized carbons (Fsp3) is 0.778. The molecule has 0 saturated carbocycles. The predicted octanol–water partition coefficient (Wildman–Crippen LogP) is 0.628. The van der Waals surface area contributed by atoms with Gasteiger partial charge < -0.3 is 10.0 Å². The van der Waals surface area contributed by atoms with Gasteiger partial charge in [-0.15, -0.1) is 0 Å². The van der Waals surface area contributed by atoms with Crippen LogP contribution in [0.2, 0.25) is 0 Å². The largest absolute Gasteiger partial charge is 0.480 e. The zero-order valence-corrected chi connectivity index (χ0v) is 9.04. The van der Waals surface area contributed by atoms with Crippen molar-refractivity contribution in [3.8, 4) is 0 Å². The highest BCUT2D eigenvalue weighted by Gasteiger charge is 2.35. The summed E-state index contributed by atoms with van der Waals surface area (Å²) in [7, 11) is 0. The summed E-state index contributed by atoms with van der Waals surface area (Å²) in [6, 6.07) is -0.621. The third-order valence-electron chi connectivity index (χ3n) is 2.52. The van der Waals surface area contributed by atoms with E-state index in [1.807, 2.05) is 0 Å². The van der Waals surface area contributed by atoms with Crippen molar-refractivity contribution in [3.63, 3.8) is 0 Å². The van der Waals surface area contributed by atoms with Crippen LogP contribution in [0.1, 0.15) is 19.8 Å². The Morgan fingerprint density at radius 3 is 2.79 bits per heavy atom. The molecule has 0 aromatic carbocycles. The molecule has 1 aliphatic heterocycles. The van der Waals surface area contributed by atoms with Gasteiger partial charge in [-0.2, -0.15) is 12.6 Å². The predicted molar refractivity (Wildman–Crippen MR) is 55.4 cm³/mol. The van der Waals surface area contributed by atoms with Crippen molar-refractivity contribution in [1.29, 1.82) is 0 Å². The van der Waals surface area contributed by atoms with Gasteiger partial charge in [-0.25, -0.2) is 4.79 Å². The number of amides is 1. The zero-order valence-electron chi connectivity index (χ0n) is 8.14. The van der Waals surface area contributed by atoms with Gasteiger partial charge in [0, 0.05) is 18.2 Å². The zero-order chi connectivity index (χ0) is 10.7. The van der Waals surface area contributed by atoms with Gasteiger partial charge in [-0.1, -0.05) is 6.92 Å². The third-order valence-corrected chi connectivity index (χ3v) is 3.06. The molecular formula is C9H15NO3S. The molecule has 0 unspecified atom stereocenters. The highest BCUT2D eigenvalue weighted by atomic mass is 32.1. The number of carbonyl (C=O) groups is 2. The smallest absolute Gasteiger partial charge is 0.326 e. The van der Waals surface area contributed by atoms with Crippen LogP contribution in [0, 0.1) is 5.92 Å². The summed E-state index contributed by atoms with van der Waals surface area (Å²) in [6.45, 7) is 2.33. The molecule has 1 amide bonds. The quantitative estimate of drug-likeness (QED) is 0.682. The fourth-order valence-electron chi connectivity index (χ4n) is 1.65. The number of nitrogens with zero attached hydrogens (tertiary/aromatic N) is 1. The first-order valence-electron chi connectivity index (χ1n) is 4.72. The number of hydrogen-bond donors (Lipinski definition) is 2.